The van der Waals surface area contributed by atoms with E-state index in [1.54, 1.807) is 4.90 Å². The van der Waals surface area contributed by atoms with Crippen molar-refractivity contribution in [2.75, 3.05) is 51.3 Å². The molecule has 2 aromatic carbocycles. The average Bonchev–Trinajstić information content (AvgIpc) is 3.54. The van der Waals surface area contributed by atoms with Crippen LogP contribution < -0.4 is 9.64 Å². The number of ether oxygens (including phenoxy) is 1. The SMILES string of the molecule is C=CC(=O)N1CC2(CCN(c3nc(OC[C@@H]4CCCN4C)nc4c(F)c(-c5c(O)cccc5F)c(Cl)cc34)C2)C1. The lowest BCUT2D eigenvalue weighted by Crippen LogP contribution is -2.59. The number of aromatic hydroxyl groups is 1. The van der Waals surface area contributed by atoms with E-state index in [4.69, 9.17) is 21.3 Å². The maximum atomic E-state index is 16.2. The molecule has 8 nitrogen and oxygen atoms in total. The molecule has 3 saturated heterocycles. The van der Waals surface area contributed by atoms with E-state index in [2.05, 4.69) is 16.5 Å². The first-order chi connectivity index (χ1) is 19.2. The summed E-state index contributed by atoms with van der Waals surface area (Å²) in [5.41, 5.74) is -0.764. The van der Waals surface area contributed by atoms with Crippen LogP contribution in [0.1, 0.15) is 19.3 Å². The zero-order valence-electron chi connectivity index (χ0n) is 22.2. The number of phenolic OH excluding ortho intramolecular Hbond substituents is 1. The number of likely N-dealkylation sites (tertiary alicyclic amines) is 2. The van der Waals surface area contributed by atoms with Gasteiger partial charge in [-0.2, -0.15) is 9.97 Å². The van der Waals surface area contributed by atoms with Crippen LogP contribution in [-0.2, 0) is 4.79 Å². The number of carbonyl (C=O) groups excluding carboxylic acids is 1. The van der Waals surface area contributed by atoms with Crippen LogP contribution >= 0.6 is 11.6 Å². The van der Waals surface area contributed by atoms with Gasteiger partial charge in [0.05, 0.1) is 10.6 Å². The lowest BCUT2D eigenvalue weighted by Gasteiger charge is -2.47. The summed E-state index contributed by atoms with van der Waals surface area (Å²) in [6.45, 7) is 7.37. The molecule has 3 fully saturated rings. The third-order valence-electron chi connectivity index (χ3n) is 8.44. The van der Waals surface area contributed by atoms with Crippen LogP contribution in [0, 0.1) is 17.0 Å². The Balaban J connectivity index is 1.41. The number of hydrogen-bond acceptors (Lipinski definition) is 7. The Bertz CT molecular complexity index is 1490. The number of halogens is 3. The minimum Gasteiger partial charge on any atom is -0.507 e. The molecule has 210 valence electrons. The van der Waals surface area contributed by atoms with Gasteiger partial charge in [-0.15, -0.1) is 0 Å². The van der Waals surface area contributed by atoms with Gasteiger partial charge >= 0.3 is 6.01 Å². The lowest BCUT2D eigenvalue weighted by atomic mass is 9.79. The van der Waals surface area contributed by atoms with Crippen molar-refractivity contribution in [1.29, 1.82) is 0 Å². The second-order valence-corrected chi connectivity index (χ2v) is 11.5. The van der Waals surface area contributed by atoms with E-state index in [1.807, 2.05) is 11.9 Å². The summed E-state index contributed by atoms with van der Waals surface area (Å²) in [5.74, 6) is -1.73. The molecule has 6 rings (SSSR count). The first kappa shape index (κ1) is 26.7. The number of carbonyl (C=O) groups is 1. The van der Waals surface area contributed by atoms with E-state index < -0.39 is 17.4 Å². The van der Waals surface area contributed by atoms with Crippen LogP contribution in [0.4, 0.5) is 14.6 Å². The molecule has 0 aliphatic carbocycles. The largest absolute Gasteiger partial charge is 0.507 e. The standard InChI is InChI=1S/C29H30ClF2N5O3/c1-3-22(39)37-15-29(16-37)9-11-36(14-29)27-18-12-19(30)23(24-20(31)7-4-8-21(24)38)25(32)26(18)33-28(34-27)40-13-17-6-5-10-35(17)2/h3-4,7-8,12,17,38H,1,5-6,9-11,13-16H2,2H3/t17-/m0/s1. The molecule has 4 heterocycles. The highest BCUT2D eigenvalue weighted by molar-refractivity contribution is 6.34. The predicted molar refractivity (Wildman–Crippen MR) is 149 cm³/mol. The molecular weight excluding hydrogens is 540 g/mol. The minimum atomic E-state index is -0.866. The first-order valence-corrected chi connectivity index (χ1v) is 13.7. The molecule has 1 aromatic heterocycles. The summed E-state index contributed by atoms with van der Waals surface area (Å²) in [5, 5.41) is 10.7. The van der Waals surface area contributed by atoms with Crippen molar-refractivity contribution in [2.45, 2.75) is 25.3 Å². The van der Waals surface area contributed by atoms with E-state index in [-0.39, 0.29) is 45.0 Å². The van der Waals surface area contributed by atoms with E-state index in [0.717, 1.165) is 31.9 Å². The van der Waals surface area contributed by atoms with Crippen molar-refractivity contribution in [3.8, 4) is 22.9 Å². The monoisotopic (exact) mass is 569 g/mol. The highest BCUT2D eigenvalue weighted by Crippen LogP contribution is 2.45. The number of aromatic nitrogens is 2. The molecule has 3 aromatic rings. The van der Waals surface area contributed by atoms with Crippen molar-refractivity contribution in [3.05, 3.63) is 53.6 Å². The van der Waals surface area contributed by atoms with Crippen LogP contribution in [0.3, 0.4) is 0 Å². The maximum absolute atomic E-state index is 16.2. The van der Waals surface area contributed by atoms with Gasteiger partial charge in [-0.1, -0.05) is 24.2 Å². The van der Waals surface area contributed by atoms with Crippen molar-refractivity contribution >= 4 is 34.2 Å². The van der Waals surface area contributed by atoms with Crippen molar-refractivity contribution in [2.24, 2.45) is 5.41 Å². The highest BCUT2D eigenvalue weighted by atomic mass is 35.5. The number of likely N-dealkylation sites (N-methyl/N-ethyl adjacent to an activating group) is 1. The molecule has 0 saturated carbocycles. The maximum Gasteiger partial charge on any atom is 0.319 e. The second-order valence-electron chi connectivity index (χ2n) is 11.1. The minimum absolute atomic E-state index is 0.0192. The number of fused-ring (bicyclic) bond motifs is 1. The second kappa shape index (κ2) is 10.2. The van der Waals surface area contributed by atoms with Crippen molar-refractivity contribution in [3.63, 3.8) is 0 Å². The van der Waals surface area contributed by atoms with Gasteiger partial charge in [0.1, 0.15) is 29.5 Å². The van der Waals surface area contributed by atoms with Crippen LogP contribution in [0.25, 0.3) is 22.0 Å². The number of rotatable bonds is 6. The topological polar surface area (TPSA) is 82.0 Å². The van der Waals surface area contributed by atoms with Gasteiger partial charge in [0.25, 0.3) is 0 Å². The number of hydrogen-bond donors (Lipinski definition) is 1. The molecule has 3 aliphatic rings. The number of benzene rings is 2. The fourth-order valence-electron chi connectivity index (χ4n) is 6.24. The third kappa shape index (κ3) is 4.53. The van der Waals surface area contributed by atoms with Gasteiger partial charge in [0, 0.05) is 48.6 Å². The van der Waals surface area contributed by atoms with E-state index in [9.17, 15) is 14.3 Å². The smallest absolute Gasteiger partial charge is 0.319 e. The van der Waals surface area contributed by atoms with Gasteiger partial charge in [-0.05, 0) is 57.1 Å². The number of amides is 1. The fourth-order valence-corrected chi connectivity index (χ4v) is 6.52. The van der Waals surface area contributed by atoms with Gasteiger partial charge in [0.15, 0.2) is 5.82 Å². The first-order valence-electron chi connectivity index (χ1n) is 13.4. The molecule has 0 bridgehead atoms. The Hall–Kier alpha value is -3.50. The molecule has 0 radical (unpaired) electrons. The third-order valence-corrected chi connectivity index (χ3v) is 8.74. The Kier molecular flexibility index (Phi) is 6.78. The summed E-state index contributed by atoms with van der Waals surface area (Å²) in [4.78, 5) is 27.2. The van der Waals surface area contributed by atoms with Crippen LogP contribution in [0.5, 0.6) is 11.8 Å². The molecule has 1 amide bonds. The Morgan fingerprint density at radius 3 is 2.75 bits per heavy atom. The van der Waals surface area contributed by atoms with Crippen LogP contribution in [0.2, 0.25) is 5.02 Å². The van der Waals surface area contributed by atoms with Gasteiger partial charge in [-0.25, -0.2) is 8.78 Å². The predicted octanol–water partition coefficient (Wildman–Crippen LogP) is 4.63. The number of anilines is 1. The number of nitrogens with zero attached hydrogens (tertiary/aromatic N) is 5. The highest BCUT2D eigenvalue weighted by Gasteiger charge is 2.49. The zero-order valence-corrected chi connectivity index (χ0v) is 22.9. The fraction of sp³-hybridized carbons (Fsp3) is 0.414. The molecular formula is C29H30ClF2N5O3. The zero-order chi connectivity index (χ0) is 28.2. The lowest BCUT2D eigenvalue weighted by molar-refractivity contribution is -0.136. The summed E-state index contributed by atoms with van der Waals surface area (Å²) in [7, 11) is 2.03. The van der Waals surface area contributed by atoms with E-state index in [1.165, 1.54) is 24.3 Å². The molecule has 11 heteroatoms. The summed E-state index contributed by atoms with van der Waals surface area (Å²) in [6, 6.07) is 5.48. The molecule has 0 unspecified atom stereocenters. The van der Waals surface area contributed by atoms with Gasteiger partial charge in [-0.3, -0.25) is 4.79 Å². The molecule has 1 spiro atoms. The number of phenols is 1. The molecule has 3 aliphatic heterocycles. The normalized spacial score (nSPS) is 20.4. The summed E-state index contributed by atoms with van der Waals surface area (Å²) < 4.78 is 37.1. The average molecular weight is 570 g/mol. The summed E-state index contributed by atoms with van der Waals surface area (Å²) in [6.07, 6.45) is 4.20. The van der Waals surface area contributed by atoms with E-state index in [0.29, 0.717) is 44.0 Å². The van der Waals surface area contributed by atoms with Crippen molar-refractivity contribution < 1.29 is 23.4 Å². The Labute approximate surface area is 235 Å². The summed E-state index contributed by atoms with van der Waals surface area (Å²) >= 11 is 6.55. The molecule has 1 N–H and O–H groups in total. The van der Waals surface area contributed by atoms with Gasteiger partial charge < -0.3 is 24.5 Å². The van der Waals surface area contributed by atoms with Gasteiger partial charge in [0.2, 0.25) is 5.91 Å². The van der Waals surface area contributed by atoms with E-state index >= 15 is 4.39 Å². The van der Waals surface area contributed by atoms with Crippen LogP contribution in [-0.4, -0.2) is 83.2 Å². The Morgan fingerprint density at radius 1 is 1.25 bits per heavy atom. The molecule has 40 heavy (non-hydrogen) atoms. The quantitative estimate of drug-likeness (QED) is 0.433. The van der Waals surface area contributed by atoms with Crippen molar-refractivity contribution in [1.82, 2.24) is 19.8 Å². The Morgan fingerprint density at radius 2 is 2.05 bits per heavy atom. The van der Waals surface area contributed by atoms with Crippen LogP contribution in [0.15, 0.2) is 36.9 Å². The molecule has 1 atom stereocenters.